The highest BCUT2D eigenvalue weighted by molar-refractivity contribution is 5.76. The van der Waals surface area contributed by atoms with Crippen molar-refractivity contribution in [1.82, 2.24) is 19.8 Å². The van der Waals surface area contributed by atoms with Gasteiger partial charge in [-0.2, -0.15) is 0 Å². The lowest BCUT2D eigenvalue weighted by Crippen LogP contribution is -2.43. The SMILES string of the molecule is CC(C)n1c(CN2CCNCC2)nc2c(F)cccc21. The van der Waals surface area contributed by atoms with Gasteiger partial charge in [0.1, 0.15) is 11.3 Å². The van der Waals surface area contributed by atoms with E-state index < -0.39 is 0 Å². The molecular formula is C15H21FN4. The first-order chi connectivity index (χ1) is 9.66. The highest BCUT2D eigenvalue weighted by atomic mass is 19.1. The molecule has 0 amide bonds. The molecule has 0 atom stereocenters. The maximum Gasteiger partial charge on any atom is 0.151 e. The molecule has 1 aliphatic rings. The third kappa shape index (κ3) is 2.43. The molecule has 0 bridgehead atoms. The van der Waals surface area contributed by atoms with Crippen LogP contribution in [0.2, 0.25) is 0 Å². The number of benzene rings is 1. The summed E-state index contributed by atoms with van der Waals surface area (Å²) in [5, 5.41) is 3.34. The van der Waals surface area contributed by atoms with Gasteiger partial charge in [0.15, 0.2) is 5.82 Å². The summed E-state index contributed by atoms with van der Waals surface area (Å²) >= 11 is 0. The number of hydrogen-bond donors (Lipinski definition) is 1. The molecule has 0 aliphatic carbocycles. The minimum Gasteiger partial charge on any atom is -0.324 e. The van der Waals surface area contributed by atoms with E-state index in [2.05, 4.69) is 33.6 Å². The Morgan fingerprint density at radius 2 is 2.05 bits per heavy atom. The summed E-state index contributed by atoms with van der Waals surface area (Å²) in [6.07, 6.45) is 0. The van der Waals surface area contributed by atoms with Crippen LogP contribution in [0.3, 0.4) is 0 Å². The van der Waals surface area contributed by atoms with Crippen molar-refractivity contribution in [3.05, 3.63) is 29.8 Å². The molecule has 4 nitrogen and oxygen atoms in total. The average molecular weight is 276 g/mol. The fraction of sp³-hybridized carbons (Fsp3) is 0.533. The van der Waals surface area contributed by atoms with E-state index >= 15 is 0 Å². The predicted molar refractivity (Wildman–Crippen MR) is 78.2 cm³/mol. The molecule has 1 N–H and O–H groups in total. The zero-order chi connectivity index (χ0) is 14.1. The van der Waals surface area contributed by atoms with E-state index in [1.54, 1.807) is 6.07 Å². The second kappa shape index (κ2) is 5.50. The number of fused-ring (bicyclic) bond motifs is 1. The normalized spacial score (nSPS) is 17.2. The predicted octanol–water partition coefficient (Wildman–Crippen LogP) is 2.16. The minimum absolute atomic E-state index is 0.233. The molecule has 1 fully saturated rings. The first-order valence-electron chi connectivity index (χ1n) is 7.25. The number of hydrogen-bond acceptors (Lipinski definition) is 3. The van der Waals surface area contributed by atoms with Crippen LogP contribution in [0.1, 0.15) is 25.7 Å². The Bertz CT molecular complexity index is 599. The Balaban J connectivity index is 2.00. The molecular weight excluding hydrogens is 255 g/mol. The summed E-state index contributed by atoms with van der Waals surface area (Å²) in [7, 11) is 0. The summed E-state index contributed by atoms with van der Waals surface area (Å²) in [6, 6.07) is 5.47. The molecule has 3 rings (SSSR count). The van der Waals surface area contributed by atoms with Gasteiger partial charge in [0.25, 0.3) is 0 Å². The second-order valence-electron chi connectivity index (χ2n) is 5.63. The summed E-state index contributed by atoms with van der Waals surface area (Å²) in [4.78, 5) is 6.92. The molecule has 1 aromatic heterocycles. The quantitative estimate of drug-likeness (QED) is 0.932. The number of piperazine rings is 1. The van der Waals surface area contributed by atoms with Gasteiger partial charge in [-0.1, -0.05) is 6.07 Å². The zero-order valence-electron chi connectivity index (χ0n) is 12.1. The number of nitrogens with one attached hydrogen (secondary N) is 1. The zero-order valence-corrected chi connectivity index (χ0v) is 12.1. The van der Waals surface area contributed by atoms with Gasteiger partial charge in [-0.15, -0.1) is 0 Å². The van der Waals surface area contributed by atoms with Crippen LogP contribution in [-0.2, 0) is 6.54 Å². The van der Waals surface area contributed by atoms with E-state index in [1.165, 1.54) is 6.07 Å². The average Bonchev–Trinajstić information content (AvgIpc) is 2.79. The van der Waals surface area contributed by atoms with E-state index in [0.717, 1.165) is 44.1 Å². The van der Waals surface area contributed by atoms with Crippen molar-refractivity contribution in [1.29, 1.82) is 0 Å². The van der Waals surface area contributed by atoms with E-state index in [4.69, 9.17) is 0 Å². The first kappa shape index (κ1) is 13.5. The van der Waals surface area contributed by atoms with Crippen molar-refractivity contribution < 1.29 is 4.39 Å². The third-order valence-electron chi connectivity index (χ3n) is 3.84. The van der Waals surface area contributed by atoms with Crippen molar-refractivity contribution >= 4 is 11.0 Å². The highest BCUT2D eigenvalue weighted by Gasteiger charge is 2.19. The second-order valence-corrected chi connectivity index (χ2v) is 5.63. The van der Waals surface area contributed by atoms with Gasteiger partial charge in [0.05, 0.1) is 12.1 Å². The molecule has 0 spiro atoms. The lowest BCUT2D eigenvalue weighted by Gasteiger charge is -2.27. The molecule has 1 aromatic carbocycles. The third-order valence-corrected chi connectivity index (χ3v) is 3.84. The van der Waals surface area contributed by atoms with Crippen molar-refractivity contribution in [2.75, 3.05) is 26.2 Å². The molecule has 2 heterocycles. The number of imidazole rings is 1. The van der Waals surface area contributed by atoms with Crippen LogP contribution < -0.4 is 5.32 Å². The summed E-state index contributed by atoms with van der Waals surface area (Å²) in [6.45, 7) is 9.08. The van der Waals surface area contributed by atoms with Gasteiger partial charge in [0, 0.05) is 32.2 Å². The van der Waals surface area contributed by atoms with Crippen LogP contribution >= 0.6 is 0 Å². The Morgan fingerprint density at radius 3 is 2.75 bits per heavy atom. The minimum atomic E-state index is -0.233. The molecule has 0 saturated carbocycles. The van der Waals surface area contributed by atoms with Gasteiger partial charge in [-0.05, 0) is 26.0 Å². The van der Waals surface area contributed by atoms with E-state index in [-0.39, 0.29) is 11.9 Å². The smallest absolute Gasteiger partial charge is 0.151 e. The van der Waals surface area contributed by atoms with E-state index in [0.29, 0.717) is 5.52 Å². The Kier molecular flexibility index (Phi) is 3.72. The van der Waals surface area contributed by atoms with E-state index in [1.807, 2.05) is 6.07 Å². The maximum atomic E-state index is 13.9. The highest BCUT2D eigenvalue weighted by Crippen LogP contribution is 2.24. The van der Waals surface area contributed by atoms with Crippen molar-refractivity contribution in [3.8, 4) is 0 Å². The lowest BCUT2D eigenvalue weighted by atomic mass is 10.3. The Labute approximate surface area is 118 Å². The van der Waals surface area contributed by atoms with Crippen LogP contribution in [0.25, 0.3) is 11.0 Å². The van der Waals surface area contributed by atoms with Crippen LogP contribution in [0.4, 0.5) is 4.39 Å². The summed E-state index contributed by atoms with van der Waals surface area (Å²) in [5.41, 5.74) is 1.39. The van der Waals surface area contributed by atoms with Crippen molar-refractivity contribution in [2.45, 2.75) is 26.4 Å². The summed E-state index contributed by atoms with van der Waals surface area (Å²) in [5.74, 6) is 0.727. The number of para-hydroxylation sites is 1. The number of aromatic nitrogens is 2. The van der Waals surface area contributed by atoms with Crippen molar-refractivity contribution in [3.63, 3.8) is 0 Å². The fourth-order valence-electron chi connectivity index (χ4n) is 2.89. The molecule has 20 heavy (non-hydrogen) atoms. The molecule has 108 valence electrons. The number of halogens is 1. The fourth-order valence-corrected chi connectivity index (χ4v) is 2.89. The Hall–Kier alpha value is -1.46. The van der Waals surface area contributed by atoms with Crippen LogP contribution in [0, 0.1) is 5.82 Å². The van der Waals surface area contributed by atoms with Crippen LogP contribution in [0.15, 0.2) is 18.2 Å². The van der Waals surface area contributed by atoms with Gasteiger partial charge in [-0.25, -0.2) is 9.37 Å². The molecule has 5 heteroatoms. The molecule has 0 unspecified atom stereocenters. The Morgan fingerprint density at radius 1 is 1.30 bits per heavy atom. The molecule has 2 aromatic rings. The standard InChI is InChI=1S/C15H21FN4/c1-11(2)20-13-5-3-4-12(16)15(13)18-14(20)10-19-8-6-17-7-9-19/h3-5,11,17H,6-10H2,1-2H3. The monoisotopic (exact) mass is 276 g/mol. The summed E-state index contributed by atoms with van der Waals surface area (Å²) < 4.78 is 16.1. The largest absolute Gasteiger partial charge is 0.324 e. The number of nitrogens with zero attached hydrogens (tertiary/aromatic N) is 3. The van der Waals surface area contributed by atoms with Gasteiger partial charge < -0.3 is 9.88 Å². The van der Waals surface area contributed by atoms with Gasteiger partial charge >= 0.3 is 0 Å². The van der Waals surface area contributed by atoms with E-state index in [9.17, 15) is 4.39 Å². The lowest BCUT2D eigenvalue weighted by molar-refractivity contribution is 0.224. The van der Waals surface area contributed by atoms with Crippen molar-refractivity contribution in [2.24, 2.45) is 0 Å². The van der Waals surface area contributed by atoms with Gasteiger partial charge in [0.2, 0.25) is 0 Å². The number of rotatable bonds is 3. The van der Waals surface area contributed by atoms with Crippen LogP contribution in [0.5, 0.6) is 0 Å². The molecule has 1 aliphatic heterocycles. The topological polar surface area (TPSA) is 33.1 Å². The first-order valence-corrected chi connectivity index (χ1v) is 7.25. The molecule has 0 radical (unpaired) electrons. The van der Waals surface area contributed by atoms with Gasteiger partial charge in [-0.3, -0.25) is 4.90 Å². The van der Waals surface area contributed by atoms with Crippen LogP contribution in [-0.4, -0.2) is 40.6 Å². The molecule has 1 saturated heterocycles. The maximum absolute atomic E-state index is 13.9.